The fourth-order valence-electron chi connectivity index (χ4n) is 1.25. The number of imidazole rings is 1. The van der Waals surface area contributed by atoms with Gasteiger partial charge in [0.2, 0.25) is 5.82 Å². The minimum absolute atomic E-state index is 0.201. The third-order valence-corrected chi connectivity index (χ3v) is 2.27. The Morgan fingerprint density at radius 1 is 1.38 bits per heavy atom. The van der Waals surface area contributed by atoms with Gasteiger partial charge in [-0.25, -0.2) is 9.37 Å². The second kappa shape index (κ2) is 3.24. The van der Waals surface area contributed by atoms with Crippen LogP contribution in [0.2, 0.25) is 5.02 Å². The van der Waals surface area contributed by atoms with E-state index in [2.05, 4.69) is 4.98 Å². The summed E-state index contributed by atoms with van der Waals surface area (Å²) in [6, 6.07) is 0.820. The number of nitrogens with one attached hydrogen (secondary N) is 1. The summed E-state index contributed by atoms with van der Waals surface area (Å²) in [6.07, 6.45) is -4.66. The first-order valence-corrected chi connectivity index (χ1v) is 4.39. The Kier molecular flexibility index (Phi) is 2.23. The highest BCUT2D eigenvalue weighted by atomic mass is 35.5. The quantitative estimate of drug-likeness (QED) is 0.560. The van der Waals surface area contributed by atoms with Crippen LogP contribution in [-0.2, 0) is 6.18 Å². The molecule has 2 aromatic rings. The van der Waals surface area contributed by atoms with Crippen molar-refractivity contribution >= 4 is 28.3 Å². The van der Waals surface area contributed by atoms with Gasteiger partial charge in [-0.15, -0.1) is 0 Å². The first-order chi connectivity index (χ1) is 7.30. The normalized spacial score (nSPS) is 12.3. The Labute approximate surface area is 91.2 Å². The molecule has 0 amide bonds. The van der Waals surface area contributed by atoms with Crippen molar-refractivity contribution in [2.75, 3.05) is 5.73 Å². The average Bonchev–Trinajstić information content (AvgIpc) is 2.58. The van der Waals surface area contributed by atoms with Crippen LogP contribution in [0.3, 0.4) is 0 Å². The van der Waals surface area contributed by atoms with E-state index in [-0.39, 0.29) is 16.1 Å². The third kappa shape index (κ3) is 1.57. The molecule has 0 aliphatic carbocycles. The van der Waals surface area contributed by atoms with Crippen molar-refractivity contribution in [3.63, 3.8) is 0 Å². The highest BCUT2D eigenvalue weighted by molar-refractivity contribution is 6.35. The molecule has 0 saturated carbocycles. The molecule has 1 aromatic carbocycles. The fraction of sp³-hybridized carbons (Fsp3) is 0.125. The van der Waals surface area contributed by atoms with E-state index in [0.717, 1.165) is 6.07 Å². The van der Waals surface area contributed by atoms with Crippen LogP contribution in [0.4, 0.5) is 23.2 Å². The van der Waals surface area contributed by atoms with E-state index in [1.54, 1.807) is 0 Å². The molecule has 1 aromatic heterocycles. The third-order valence-electron chi connectivity index (χ3n) is 1.98. The number of anilines is 1. The topological polar surface area (TPSA) is 54.7 Å². The molecular weight excluding hydrogens is 250 g/mol. The Balaban J connectivity index is 2.80. The van der Waals surface area contributed by atoms with Gasteiger partial charge in [-0.3, -0.25) is 0 Å². The molecule has 0 bridgehead atoms. The van der Waals surface area contributed by atoms with Gasteiger partial charge >= 0.3 is 6.18 Å². The molecule has 3 nitrogen and oxygen atoms in total. The summed E-state index contributed by atoms with van der Waals surface area (Å²) in [4.78, 5) is 5.13. The van der Waals surface area contributed by atoms with Crippen molar-refractivity contribution in [2.24, 2.45) is 0 Å². The van der Waals surface area contributed by atoms with Gasteiger partial charge in [0.05, 0.1) is 16.2 Å². The van der Waals surface area contributed by atoms with Gasteiger partial charge in [0.25, 0.3) is 0 Å². The summed E-state index contributed by atoms with van der Waals surface area (Å²) in [5.74, 6) is -2.16. The molecule has 0 unspecified atom stereocenters. The second-order valence-corrected chi connectivity index (χ2v) is 3.47. The van der Waals surface area contributed by atoms with Crippen molar-refractivity contribution in [1.82, 2.24) is 9.97 Å². The van der Waals surface area contributed by atoms with Gasteiger partial charge < -0.3 is 10.7 Å². The molecule has 1 heterocycles. The molecule has 0 atom stereocenters. The van der Waals surface area contributed by atoms with Crippen LogP contribution in [0.15, 0.2) is 6.07 Å². The summed E-state index contributed by atoms with van der Waals surface area (Å²) in [5, 5.41) is -0.228. The van der Waals surface area contributed by atoms with Crippen LogP contribution in [0.1, 0.15) is 5.82 Å². The van der Waals surface area contributed by atoms with Gasteiger partial charge in [0.1, 0.15) is 11.3 Å². The van der Waals surface area contributed by atoms with Crippen LogP contribution in [0.5, 0.6) is 0 Å². The van der Waals surface area contributed by atoms with Crippen LogP contribution >= 0.6 is 11.6 Å². The number of alkyl halides is 3. The lowest BCUT2D eigenvalue weighted by atomic mass is 10.2. The number of nitrogens with zero attached hydrogens (tertiary/aromatic N) is 1. The lowest BCUT2D eigenvalue weighted by Gasteiger charge is -1.99. The number of nitrogen functional groups attached to an aromatic ring is 1. The first-order valence-electron chi connectivity index (χ1n) is 4.01. The molecule has 3 N–H and O–H groups in total. The molecular formula is C8H4ClF4N3. The maximum atomic E-state index is 13.1. The van der Waals surface area contributed by atoms with Crippen LogP contribution in [0.25, 0.3) is 11.0 Å². The Hall–Kier alpha value is -1.50. The Bertz CT molecular complexity index is 560. The Morgan fingerprint density at radius 3 is 2.56 bits per heavy atom. The van der Waals surface area contributed by atoms with E-state index in [4.69, 9.17) is 17.3 Å². The largest absolute Gasteiger partial charge is 0.449 e. The minimum atomic E-state index is -4.66. The van der Waals surface area contributed by atoms with Crippen LogP contribution in [0, 0.1) is 5.82 Å². The number of aromatic amines is 1. The lowest BCUT2D eigenvalue weighted by Crippen LogP contribution is -2.06. The predicted octanol–water partition coefficient (Wildman–Crippen LogP) is 2.96. The zero-order valence-corrected chi connectivity index (χ0v) is 8.25. The SMILES string of the molecule is Nc1c(F)cc(Cl)c2nc(C(F)(F)F)[nH]c12. The number of nitrogens with two attached hydrogens (primary N) is 1. The monoisotopic (exact) mass is 253 g/mol. The maximum absolute atomic E-state index is 13.1. The summed E-state index contributed by atoms with van der Waals surface area (Å²) < 4.78 is 50.0. The number of halogens is 5. The maximum Gasteiger partial charge on any atom is 0.449 e. The molecule has 16 heavy (non-hydrogen) atoms. The standard InChI is InChI=1S/C8H4ClF4N3/c9-2-1-3(10)4(14)6-5(2)15-7(16-6)8(11,12)13/h1H,14H2,(H,15,16). The van der Waals surface area contributed by atoms with Gasteiger partial charge in [-0.1, -0.05) is 11.6 Å². The molecule has 0 fully saturated rings. The average molecular weight is 254 g/mol. The van der Waals surface area contributed by atoms with E-state index in [9.17, 15) is 17.6 Å². The highest BCUT2D eigenvalue weighted by Gasteiger charge is 2.35. The zero-order chi connectivity index (χ0) is 12.1. The van der Waals surface area contributed by atoms with E-state index in [1.807, 2.05) is 4.98 Å². The molecule has 86 valence electrons. The molecule has 2 rings (SSSR count). The zero-order valence-electron chi connectivity index (χ0n) is 7.49. The van der Waals surface area contributed by atoms with Crippen molar-refractivity contribution in [3.05, 3.63) is 22.7 Å². The number of aromatic nitrogens is 2. The molecule has 0 aliphatic heterocycles. The fourth-order valence-corrected chi connectivity index (χ4v) is 1.48. The van der Waals surface area contributed by atoms with Gasteiger partial charge in [0, 0.05) is 0 Å². The summed E-state index contributed by atoms with van der Waals surface area (Å²) in [7, 11) is 0. The van der Waals surface area contributed by atoms with Crippen molar-refractivity contribution < 1.29 is 17.6 Å². The van der Waals surface area contributed by atoms with E-state index in [1.165, 1.54) is 0 Å². The van der Waals surface area contributed by atoms with Gasteiger partial charge in [0.15, 0.2) is 0 Å². The second-order valence-electron chi connectivity index (χ2n) is 3.06. The molecule has 0 radical (unpaired) electrons. The number of benzene rings is 1. The minimum Gasteiger partial charge on any atom is -0.395 e. The molecule has 0 spiro atoms. The van der Waals surface area contributed by atoms with Crippen LogP contribution in [-0.4, -0.2) is 9.97 Å². The number of rotatable bonds is 0. The molecule has 8 heteroatoms. The smallest absolute Gasteiger partial charge is 0.395 e. The van der Waals surface area contributed by atoms with Crippen molar-refractivity contribution in [1.29, 1.82) is 0 Å². The summed E-state index contributed by atoms with van der Waals surface area (Å²) in [5.41, 5.74) is 4.38. The van der Waals surface area contributed by atoms with Crippen molar-refractivity contribution in [3.8, 4) is 0 Å². The first kappa shape index (κ1) is 11.0. The van der Waals surface area contributed by atoms with Gasteiger partial charge in [-0.05, 0) is 6.07 Å². The Morgan fingerprint density at radius 2 is 2.00 bits per heavy atom. The number of hydrogen-bond donors (Lipinski definition) is 2. The number of H-pyrrole nitrogens is 1. The molecule has 0 saturated heterocycles. The predicted molar refractivity (Wildman–Crippen MR) is 50.5 cm³/mol. The number of hydrogen-bond acceptors (Lipinski definition) is 2. The summed E-state index contributed by atoms with van der Waals surface area (Å²) in [6.45, 7) is 0. The molecule has 0 aliphatic rings. The van der Waals surface area contributed by atoms with E-state index in [0.29, 0.717) is 0 Å². The number of fused-ring (bicyclic) bond motifs is 1. The van der Waals surface area contributed by atoms with Crippen LogP contribution < -0.4 is 5.73 Å². The van der Waals surface area contributed by atoms with Gasteiger partial charge in [-0.2, -0.15) is 13.2 Å². The lowest BCUT2D eigenvalue weighted by molar-refractivity contribution is -0.144. The van der Waals surface area contributed by atoms with Crippen molar-refractivity contribution in [2.45, 2.75) is 6.18 Å². The summed E-state index contributed by atoms with van der Waals surface area (Å²) >= 11 is 5.55. The highest BCUT2D eigenvalue weighted by Crippen LogP contribution is 2.34. The van der Waals surface area contributed by atoms with E-state index >= 15 is 0 Å². The van der Waals surface area contributed by atoms with E-state index < -0.39 is 23.5 Å².